The highest BCUT2D eigenvalue weighted by Gasteiger charge is 2.33. The Morgan fingerprint density at radius 2 is 1.80 bits per heavy atom. The zero-order valence-electron chi connectivity index (χ0n) is 25.1. The molecule has 4 N–H and O–H groups in total. The maximum absolute atomic E-state index is 14.7. The van der Waals surface area contributed by atoms with E-state index in [0.29, 0.717) is 42.9 Å². The van der Waals surface area contributed by atoms with Gasteiger partial charge in [0.25, 0.3) is 5.91 Å². The topological polar surface area (TPSA) is 121 Å². The number of nitrogens with zero attached hydrogens (tertiary/aromatic N) is 2. The maximum Gasteiger partial charge on any atom is 0.258 e. The molecule has 2 aliphatic heterocycles. The Labute approximate surface area is 238 Å². The van der Waals surface area contributed by atoms with E-state index in [0.717, 1.165) is 12.0 Å². The highest BCUT2D eigenvalue weighted by molar-refractivity contribution is 6.07. The van der Waals surface area contributed by atoms with Gasteiger partial charge in [-0.1, -0.05) is 46.4 Å². The summed E-state index contributed by atoms with van der Waals surface area (Å²) in [7, 11) is 0. The number of fused-ring (bicyclic) bond motifs is 1. The van der Waals surface area contributed by atoms with E-state index in [1.165, 1.54) is 12.1 Å². The second kappa shape index (κ2) is 15.9. The minimum Gasteiger partial charge on any atom is -0.395 e. The van der Waals surface area contributed by atoms with Gasteiger partial charge in [0.05, 0.1) is 17.6 Å². The molecule has 1 saturated heterocycles. The quantitative estimate of drug-likeness (QED) is 0.199. The van der Waals surface area contributed by atoms with Crippen LogP contribution in [0.1, 0.15) is 82.8 Å². The molecule has 0 atom stereocenters. The van der Waals surface area contributed by atoms with Crippen LogP contribution in [0.5, 0.6) is 0 Å². The highest BCUT2D eigenvalue weighted by atomic mass is 19.1. The molecule has 0 aliphatic carbocycles. The number of hydrogen-bond donors (Lipinski definition) is 4. The molecular formula is C31H46FN5O3. The lowest BCUT2D eigenvalue weighted by atomic mass is 9.90. The number of halogens is 1. The number of benzene rings is 1. The summed E-state index contributed by atoms with van der Waals surface area (Å²) in [6.45, 7) is 18.0. The standard InChI is InChI=1S/C27H34FN5O3.2C2H6/c1-17(24(30)33-11-6-9-23(33)29)7-5-8-18(2)31-25(35)21-13-20-15-32(26(36)27(3,4)16-34)12-10-19(20)14-22(21)28;2*1-2/h5,7-8,13-14,29-30,34H,2,6,9-12,15-16H2,1,3-4H3,(H,31,35);2*1-2H3/b8-5-,17-7+,29-23?,30-24?;;. The van der Waals surface area contributed by atoms with Crippen molar-refractivity contribution in [3.63, 3.8) is 0 Å². The van der Waals surface area contributed by atoms with Gasteiger partial charge in [-0.25, -0.2) is 4.39 Å². The lowest BCUT2D eigenvalue weighted by Gasteiger charge is -2.34. The van der Waals surface area contributed by atoms with Gasteiger partial charge in [0.2, 0.25) is 5.91 Å². The number of nitrogens with one attached hydrogen (secondary N) is 3. The second-order valence-electron chi connectivity index (χ2n) is 9.86. The first-order chi connectivity index (χ1) is 18.9. The number of amides is 2. The summed E-state index contributed by atoms with van der Waals surface area (Å²) in [5.74, 6) is -0.783. The normalized spacial score (nSPS) is 15.0. The summed E-state index contributed by atoms with van der Waals surface area (Å²) >= 11 is 0. The summed E-state index contributed by atoms with van der Waals surface area (Å²) in [5.41, 5.74) is 1.32. The number of allylic oxidation sites excluding steroid dienone is 3. The number of carbonyl (C=O) groups excluding carboxylic acids is 2. The molecule has 0 spiro atoms. The van der Waals surface area contributed by atoms with Gasteiger partial charge in [0.15, 0.2) is 0 Å². The van der Waals surface area contributed by atoms with Crippen molar-refractivity contribution in [2.24, 2.45) is 5.41 Å². The predicted octanol–water partition coefficient (Wildman–Crippen LogP) is 5.58. The monoisotopic (exact) mass is 555 g/mol. The van der Waals surface area contributed by atoms with Gasteiger partial charge in [-0.05, 0) is 68.5 Å². The molecule has 2 heterocycles. The Kier molecular flexibility index (Phi) is 13.7. The van der Waals surface area contributed by atoms with E-state index in [9.17, 15) is 19.1 Å². The first kappa shape index (κ1) is 34.4. The maximum atomic E-state index is 14.7. The average Bonchev–Trinajstić information content (AvgIpc) is 3.39. The van der Waals surface area contributed by atoms with E-state index in [1.807, 2.05) is 27.7 Å². The Bertz CT molecular complexity index is 1170. The van der Waals surface area contributed by atoms with Crippen molar-refractivity contribution in [3.8, 4) is 0 Å². The van der Waals surface area contributed by atoms with Crippen LogP contribution in [0.3, 0.4) is 0 Å². The van der Waals surface area contributed by atoms with Crippen LogP contribution < -0.4 is 5.32 Å². The SMILES string of the molecule is C=C(/C=C\C=C(/C)C(=N)N1CCCC1=N)NC(=O)c1cc2c(cc1F)CCN(C(=O)C(C)(C)CO)C2.CC.CC. The number of likely N-dealkylation sites (tertiary alicyclic amines) is 1. The summed E-state index contributed by atoms with van der Waals surface area (Å²) in [6, 6.07) is 2.81. The summed E-state index contributed by atoms with van der Waals surface area (Å²) in [6.07, 6.45) is 6.89. The van der Waals surface area contributed by atoms with Gasteiger partial charge >= 0.3 is 0 Å². The minimum atomic E-state index is -0.913. The molecule has 0 unspecified atom stereocenters. The molecule has 220 valence electrons. The number of rotatable bonds is 7. The molecule has 2 amide bonds. The van der Waals surface area contributed by atoms with Crippen molar-refractivity contribution >= 4 is 23.5 Å². The van der Waals surface area contributed by atoms with E-state index < -0.39 is 17.1 Å². The number of aliphatic hydroxyl groups is 1. The van der Waals surface area contributed by atoms with E-state index in [2.05, 4.69) is 11.9 Å². The van der Waals surface area contributed by atoms with Gasteiger partial charge < -0.3 is 20.2 Å². The van der Waals surface area contributed by atoms with Crippen LogP contribution in [0.15, 0.2) is 48.2 Å². The highest BCUT2D eigenvalue weighted by Crippen LogP contribution is 2.27. The van der Waals surface area contributed by atoms with Gasteiger partial charge in [-0.3, -0.25) is 20.4 Å². The number of carbonyl (C=O) groups is 2. The van der Waals surface area contributed by atoms with Crippen molar-refractivity contribution in [1.29, 1.82) is 10.8 Å². The lowest BCUT2D eigenvalue weighted by molar-refractivity contribution is -0.143. The zero-order chi connectivity index (χ0) is 30.6. The van der Waals surface area contributed by atoms with Crippen LogP contribution in [0, 0.1) is 22.1 Å². The molecule has 8 nitrogen and oxygen atoms in total. The zero-order valence-corrected chi connectivity index (χ0v) is 25.1. The van der Waals surface area contributed by atoms with Crippen LogP contribution in [-0.2, 0) is 17.8 Å². The second-order valence-corrected chi connectivity index (χ2v) is 9.86. The molecule has 2 aliphatic rings. The smallest absolute Gasteiger partial charge is 0.258 e. The van der Waals surface area contributed by atoms with Crippen LogP contribution in [0.2, 0.25) is 0 Å². The fourth-order valence-corrected chi connectivity index (χ4v) is 4.20. The van der Waals surface area contributed by atoms with Crippen molar-refractivity contribution < 1.29 is 19.1 Å². The first-order valence-electron chi connectivity index (χ1n) is 13.9. The molecular weight excluding hydrogens is 509 g/mol. The van der Waals surface area contributed by atoms with Crippen LogP contribution in [0.25, 0.3) is 0 Å². The Hall–Kier alpha value is -3.59. The number of amidine groups is 2. The Morgan fingerprint density at radius 1 is 1.15 bits per heavy atom. The largest absolute Gasteiger partial charge is 0.395 e. The molecule has 1 aromatic carbocycles. The molecule has 0 bridgehead atoms. The molecule has 40 heavy (non-hydrogen) atoms. The summed E-state index contributed by atoms with van der Waals surface area (Å²) < 4.78 is 14.7. The minimum absolute atomic E-state index is 0.139. The Balaban J connectivity index is 0.00000191. The molecule has 0 radical (unpaired) electrons. The van der Waals surface area contributed by atoms with Crippen molar-refractivity contribution in [2.75, 3.05) is 19.7 Å². The van der Waals surface area contributed by atoms with E-state index in [-0.39, 0.29) is 36.2 Å². The van der Waals surface area contributed by atoms with Gasteiger partial charge in [-0.15, -0.1) is 0 Å². The van der Waals surface area contributed by atoms with Crippen molar-refractivity contribution in [3.05, 3.63) is 70.7 Å². The third-order valence-corrected chi connectivity index (χ3v) is 6.49. The van der Waals surface area contributed by atoms with Gasteiger partial charge in [0, 0.05) is 31.8 Å². The summed E-state index contributed by atoms with van der Waals surface area (Å²) in [5, 5.41) is 28.2. The van der Waals surface area contributed by atoms with Crippen molar-refractivity contribution in [2.45, 2.75) is 74.3 Å². The third-order valence-electron chi connectivity index (χ3n) is 6.49. The Morgan fingerprint density at radius 3 is 2.38 bits per heavy atom. The van der Waals surface area contributed by atoms with E-state index in [4.69, 9.17) is 10.8 Å². The van der Waals surface area contributed by atoms with E-state index >= 15 is 0 Å². The molecule has 1 aromatic rings. The fraction of sp³-hybridized carbons (Fsp3) is 0.484. The first-order valence-corrected chi connectivity index (χ1v) is 13.9. The number of aliphatic hydroxyl groups excluding tert-OH is 1. The average molecular weight is 556 g/mol. The van der Waals surface area contributed by atoms with Crippen LogP contribution >= 0.6 is 0 Å². The third kappa shape index (κ3) is 8.71. The van der Waals surface area contributed by atoms with Gasteiger partial charge in [0.1, 0.15) is 17.5 Å². The van der Waals surface area contributed by atoms with E-state index in [1.54, 1.807) is 48.8 Å². The van der Waals surface area contributed by atoms with Crippen molar-refractivity contribution in [1.82, 2.24) is 15.1 Å². The molecule has 1 fully saturated rings. The lowest BCUT2D eigenvalue weighted by Crippen LogP contribution is -2.45. The predicted molar refractivity (Wildman–Crippen MR) is 160 cm³/mol. The fourth-order valence-electron chi connectivity index (χ4n) is 4.20. The van der Waals surface area contributed by atoms with Crippen LogP contribution in [0.4, 0.5) is 4.39 Å². The number of hydrogen-bond acceptors (Lipinski definition) is 5. The summed E-state index contributed by atoms with van der Waals surface area (Å²) in [4.78, 5) is 28.8. The molecule has 3 rings (SSSR count). The van der Waals surface area contributed by atoms with Gasteiger partial charge in [-0.2, -0.15) is 0 Å². The van der Waals surface area contributed by atoms with Crippen LogP contribution in [-0.4, -0.2) is 58.1 Å². The molecule has 9 heteroatoms. The molecule has 0 aromatic heterocycles. The molecule has 0 saturated carbocycles.